The minimum Gasteiger partial charge on any atom is -1.00 e. The summed E-state index contributed by atoms with van der Waals surface area (Å²) in [6, 6.07) is 0. The molecule has 3 heteroatoms. The van der Waals surface area contributed by atoms with Crippen molar-refractivity contribution in [3.05, 3.63) is 12.2 Å². The number of nitrogens with two attached hydrogens (primary N) is 1. The van der Waals surface area contributed by atoms with E-state index in [0.717, 1.165) is 19.3 Å². The standard InChI is InChI=1S/C7H13NO.Na.H/c1-3-4-5-6(2)7(8)9;;/h2-5H2,1H3,(H2,8,9);;/q;+1;-1. The summed E-state index contributed by atoms with van der Waals surface area (Å²) in [6.07, 6.45) is 2.82. The molecule has 0 aromatic rings. The van der Waals surface area contributed by atoms with Crippen LogP contribution in [-0.2, 0) is 4.79 Å². The van der Waals surface area contributed by atoms with Crippen LogP contribution in [0.5, 0.6) is 0 Å². The van der Waals surface area contributed by atoms with Crippen molar-refractivity contribution in [2.24, 2.45) is 5.73 Å². The van der Waals surface area contributed by atoms with Crippen LogP contribution in [0.3, 0.4) is 0 Å². The van der Waals surface area contributed by atoms with Crippen molar-refractivity contribution < 1.29 is 35.8 Å². The normalized spacial score (nSPS) is 8.10. The molecule has 0 saturated heterocycles. The summed E-state index contributed by atoms with van der Waals surface area (Å²) < 4.78 is 0. The van der Waals surface area contributed by atoms with Gasteiger partial charge in [0.05, 0.1) is 0 Å². The molecule has 0 aliphatic rings. The van der Waals surface area contributed by atoms with E-state index in [1.165, 1.54) is 0 Å². The van der Waals surface area contributed by atoms with Crippen LogP contribution in [0.15, 0.2) is 12.2 Å². The van der Waals surface area contributed by atoms with E-state index in [9.17, 15) is 4.79 Å². The first-order valence-corrected chi connectivity index (χ1v) is 3.16. The van der Waals surface area contributed by atoms with Gasteiger partial charge in [-0.1, -0.05) is 19.9 Å². The number of primary amides is 1. The number of amides is 1. The molecule has 0 aromatic heterocycles. The second-order valence-corrected chi connectivity index (χ2v) is 2.07. The zero-order chi connectivity index (χ0) is 7.28. The third-order valence-electron chi connectivity index (χ3n) is 1.18. The second kappa shape index (κ2) is 7.32. The quantitative estimate of drug-likeness (QED) is 0.379. The van der Waals surface area contributed by atoms with Gasteiger partial charge in [-0.05, 0) is 12.8 Å². The fourth-order valence-electron chi connectivity index (χ4n) is 0.513. The molecule has 0 aromatic carbocycles. The molecule has 0 atom stereocenters. The average molecular weight is 151 g/mol. The Balaban J connectivity index is -0.000000320. The Morgan fingerprint density at radius 3 is 2.50 bits per heavy atom. The maximum atomic E-state index is 10.3. The molecule has 0 heterocycles. The van der Waals surface area contributed by atoms with E-state index in [1.54, 1.807) is 0 Å². The van der Waals surface area contributed by atoms with Crippen LogP contribution in [0, 0.1) is 0 Å². The van der Waals surface area contributed by atoms with E-state index >= 15 is 0 Å². The first kappa shape index (κ1) is 12.8. The van der Waals surface area contributed by atoms with Gasteiger partial charge in [0.2, 0.25) is 5.91 Å². The molecule has 0 saturated carbocycles. The smallest absolute Gasteiger partial charge is 1.00 e. The second-order valence-electron chi connectivity index (χ2n) is 2.07. The predicted molar refractivity (Wildman–Crippen MR) is 39.0 cm³/mol. The van der Waals surface area contributed by atoms with Gasteiger partial charge in [0.1, 0.15) is 0 Å². The Bertz CT molecular complexity index is 128. The van der Waals surface area contributed by atoms with Crippen LogP contribution in [0.2, 0.25) is 0 Å². The average Bonchev–Trinajstić information content (AvgIpc) is 1.82. The first-order chi connectivity index (χ1) is 4.18. The monoisotopic (exact) mass is 151 g/mol. The molecule has 54 valence electrons. The summed E-state index contributed by atoms with van der Waals surface area (Å²) in [4.78, 5) is 10.3. The SMILES string of the molecule is C=C(CCCC)C(N)=O.[H-].[Na+]. The summed E-state index contributed by atoms with van der Waals surface area (Å²) in [5.41, 5.74) is 5.48. The third kappa shape index (κ3) is 6.33. The Morgan fingerprint density at radius 1 is 1.70 bits per heavy atom. The molecule has 0 spiro atoms. The van der Waals surface area contributed by atoms with Crippen molar-refractivity contribution >= 4 is 5.91 Å². The van der Waals surface area contributed by atoms with Gasteiger partial charge in [0, 0.05) is 5.57 Å². The number of carbonyl (C=O) groups excluding carboxylic acids is 1. The Morgan fingerprint density at radius 2 is 2.20 bits per heavy atom. The van der Waals surface area contributed by atoms with Crippen molar-refractivity contribution in [3.63, 3.8) is 0 Å². The molecule has 0 rings (SSSR count). The van der Waals surface area contributed by atoms with Gasteiger partial charge in [0.25, 0.3) is 0 Å². The van der Waals surface area contributed by atoms with Crippen LogP contribution in [0.25, 0.3) is 0 Å². The Hall–Kier alpha value is 0.210. The van der Waals surface area contributed by atoms with Crippen LogP contribution >= 0.6 is 0 Å². The number of hydrogen-bond acceptors (Lipinski definition) is 1. The Kier molecular flexibility index (Phi) is 9.40. The maximum Gasteiger partial charge on any atom is 1.00 e. The van der Waals surface area contributed by atoms with Crippen LogP contribution in [-0.4, -0.2) is 5.91 Å². The number of hydrogen-bond donors (Lipinski definition) is 1. The van der Waals surface area contributed by atoms with Crippen LogP contribution < -0.4 is 35.3 Å². The molecule has 1 amide bonds. The molecular weight excluding hydrogens is 137 g/mol. The van der Waals surface area contributed by atoms with Crippen molar-refractivity contribution in [2.45, 2.75) is 26.2 Å². The predicted octanol–water partition coefficient (Wildman–Crippen LogP) is -1.67. The van der Waals surface area contributed by atoms with Crippen molar-refractivity contribution in [1.29, 1.82) is 0 Å². The number of unbranched alkanes of at least 4 members (excludes halogenated alkanes) is 1. The van der Waals surface area contributed by atoms with Crippen molar-refractivity contribution in [2.75, 3.05) is 0 Å². The van der Waals surface area contributed by atoms with E-state index < -0.39 is 0 Å². The largest absolute Gasteiger partial charge is 1.00 e. The van der Waals surface area contributed by atoms with Gasteiger partial charge in [-0.3, -0.25) is 4.79 Å². The Labute approximate surface area is 85.6 Å². The van der Waals surface area contributed by atoms with Gasteiger partial charge < -0.3 is 7.16 Å². The van der Waals surface area contributed by atoms with E-state index in [-0.39, 0.29) is 36.9 Å². The summed E-state index contributed by atoms with van der Waals surface area (Å²) >= 11 is 0. The maximum absolute atomic E-state index is 10.3. The van der Waals surface area contributed by atoms with Gasteiger partial charge >= 0.3 is 29.6 Å². The molecule has 0 unspecified atom stereocenters. The van der Waals surface area contributed by atoms with Crippen molar-refractivity contribution in [3.8, 4) is 0 Å². The van der Waals surface area contributed by atoms with E-state index in [4.69, 9.17) is 5.73 Å². The van der Waals surface area contributed by atoms with Gasteiger partial charge in [-0.15, -0.1) is 0 Å². The number of rotatable bonds is 4. The molecule has 0 aliphatic heterocycles. The molecule has 2 nitrogen and oxygen atoms in total. The fourth-order valence-corrected chi connectivity index (χ4v) is 0.513. The summed E-state index contributed by atoms with van der Waals surface area (Å²) in [5.74, 6) is -0.372. The topological polar surface area (TPSA) is 43.1 Å². The zero-order valence-corrected chi connectivity index (χ0v) is 8.81. The molecule has 0 fully saturated rings. The zero-order valence-electron chi connectivity index (χ0n) is 7.81. The van der Waals surface area contributed by atoms with Gasteiger partial charge in [0.15, 0.2) is 0 Å². The van der Waals surface area contributed by atoms with E-state index in [1.807, 2.05) is 0 Å². The summed E-state index contributed by atoms with van der Waals surface area (Å²) in [7, 11) is 0. The van der Waals surface area contributed by atoms with Crippen molar-refractivity contribution in [1.82, 2.24) is 0 Å². The first-order valence-electron chi connectivity index (χ1n) is 3.16. The summed E-state index contributed by atoms with van der Waals surface area (Å²) in [6.45, 7) is 5.58. The van der Waals surface area contributed by atoms with E-state index in [0.29, 0.717) is 5.57 Å². The summed E-state index contributed by atoms with van der Waals surface area (Å²) in [5, 5.41) is 0. The molecule has 0 bridgehead atoms. The van der Waals surface area contributed by atoms with Gasteiger partial charge in [-0.25, -0.2) is 0 Å². The molecule has 0 radical (unpaired) electrons. The minimum absolute atomic E-state index is 0. The molecule has 10 heavy (non-hydrogen) atoms. The number of carbonyl (C=O) groups is 1. The molecular formula is C7H14NNaO. The van der Waals surface area contributed by atoms with Crippen LogP contribution in [0.1, 0.15) is 27.6 Å². The fraction of sp³-hybridized carbons (Fsp3) is 0.571. The third-order valence-corrected chi connectivity index (χ3v) is 1.18. The molecule has 2 N–H and O–H groups in total. The minimum atomic E-state index is -0.372. The van der Waals surface area contributed by atoms with Gasteiger partial charge in [-0.2, -0.15) is 0 Å². The molecule has 0 aliphatic carbocycles. The van der Waals surface area contributed by atoms with E-state index in [2.05, 4.69) is 13.5 Å². The van der Waals surface area contributed by atoms with Crippen LogP contribution in [0.4, 0.5) is 0 Å².